The second kappa shape index (κ2) is 6.03. The number of non-ortho nitro benzene ring substituents is 1. The molecule has 3 aromatic carbocycles. The van der Waals surface area contributed by atoms with Crippen LogP contribution in [0.5, 0.6) is 0 Å². The van der Waals surface area contributed by atoms with Crippen LogP contribution in [0, 0.1) is 10.1 Å². The van der Waals surface area contributed by atoms with Crippen LogP contribution in [0.15, 0.2) is 71.9 Å². The normalized spacial score (nSPS) is 18.1. The van der Waals surface area contributed by atoms with Crippen LogP contribution in [0.25, 0.3) is 11.1 Å². The molecule has 6 heteroatoms. The van der Waals surface area contributed by atoms with Gasteiger partial charge in [-0.2, -0.15) is 0 Å². The van der Waals surface area contributed by atoms with E-state index in [-0.39, 0.29) is 18.3 Å². The van der Waals surface area contributed by atoms with Gasteiger partial charge in [-0.3, -0.25) is 10.1 Å². The van der Waals surface area contributed by atoms with Gasteiger partial charge in [0, 0.05) is 23.7 Å². The molecule has 30 heavy (non-hydrogen) atoms. The third kappa shape index (κ3) is 2.27. The predicted octanol–water partition coefficient (Wildman–Crippen LogP) is 4.53. The summed E-state index contributed by atoms with van der Waals surface area (Å²) < 4.78 is 5.33. The van der Waals surface area contributed by atoms with Crippen molar-refractivity contribution >= 4 is 17.3 Å². The molecule has 0 bridgehead atoms. The van der Waals surface area contributed by atoms with Gasteiger partial charge in [0.2, 0.25) is 0 Å². The minimum atomic E-state index is -0.407. The molecule has 1 N–H and O–H groups in total. The molecule has 0 saturated carbocycles. The van der Waals surface area contributed by atoms with Gasteiger partial charge in [0.05, 0.1) is 16.2 Å². The van der Waals surface area contributed by atoms with Gasteiger partial charge in [0.15, 0.2) is 0 Å². The number of carbonyl (C=O) groups is 1. The maximum absolute atomic E-state index is 12.7. The van der Waals surface area contributed by atoms with Gasteiger partial charge in [-0.05, 0) is 45.9 Å². The Labute approximate surface area is 172 Å². The number of ether oxygens (including phenoxy) is 1. The highest BCUT2D eigenvalue weighted by atomic mass is 16.6. The zero-order valence-corrected chi connectivity index (χ0v) is 15.8. The molecule has 6 nitrogen and oxygen atoms in total. The summed E-state index contributed by atoms with van der Waals surface area (Å²) in [5.41, 5.74) is 8.69. The van der Waals surface area contributed by atoms with Crippen molar-refractivity contribution in [2.45, 2.75) is 12.3 Å². The number of nitrogens with zero attached hydrogens (tertiary/aromatic N) is 1. The van der Waals surface area contributed by atoms with E-state index in [2.05, 4.69) is 23.5 Å². The monoisotopic (exact) mass is 396 g/mol. The van der Waals surface area contributed by atoms with Gasteiger partial charge in [0.25, 0.3) is 5.69 Å². The smallest absolute Gasteiger partial charge is 0.337 e. The Morgan fingerprint density at radius 3 is 2.77 bits per heavy atom. The van der Waals surface area contributed by atoms with Crippen molar-refractivity contribution in [3.05, 3.63) is 104 Å². The largest absolute Gasteiger partial charge is 0.456 e. The lowest BCUT2D eigenvalue weighted by molar-refractivity contribution is -0.384. The zero-order chi connectivity index (χ0) is 20.4. The second-order valence-electron chi connectivity index (χ2n) is 7.77. The summed E-state index contributed by atoms with van der Waals surface area (Å²) in [4.78, 5) is 23.7. The molecule has 3 aromatic rings. The third-order valence-corrected chi connectivity index (χ3v) is 6.20. The number of nitro groups is 1. The Kier molecular flexibility index (Phi) is 3.41. The first kappa shape index (κ1) is 17.0. The van der Waals surface area contributed by atoms with E-state index < -0.39 is 10.8 Å². The Balaban J connectivity index is 1.62. The molecule has 146 valence electrons. The summed E-state index contributed by atoms with van der Waals surface area (Å²) in [5, 5.41) is 14.8. The first-order valence-corrected chi connectivity index (χ1v) is 9.77. The van der Waals surface area contributed by atoms with Gasteiger partial charge >= 0.3 is 5.97 Å². The van der Waals surface area contributed by atoms with E-state index in [1.165, 1.54) is 17.2 Å². The number of cyclic esters (lactones) is 1. The van der Waals surface area contributed by atoms with Gasteiger partial charge in [-0.25, -0.2) is 4.79 Å². The predicted molar refractivity (Wildman–Crippen MR) is 111 cm³/mol. The molecule has 1 atom stereocenters. The van der Waals surface area contributed by atoms with Crippen LogP contribution in [-0.4, -0.2) is 17.5 Å². The average molecular weight is 396 g/mol. The SMILES string of the molecule is O=C1OCC2=C1C(c1cccc([N+](=O)[O-])c1)c1c(ccc3c1Cc1ccccc1-3)N2. The van der Waals surface area contributed by atoms with E-state index in [0.29, 0.717) is 5.57 Å². The topological polar surface area (TPSA) is 81.5 Å². The van der Waals surface area contributed by atoms with Gasteiger partial charge in [-0.1, -0.05) is 42.5 Å². The molecule has 6 rings (SSSR count). The first-order chi connectivity index (χ1) is 14.6. The fraction of sp³-hybridized carbons (Fsp3) is 0.125. The minimum absolute atomic E-state index is 0.0111. The molecule has 1 aliphatic carbocycles. The number of nitro benzene ring substituents is 1. The molecule has 0 fully saturated rings. The number of hydrogen-bond donors (Lipinski definition) is 1. The van der Waals surface area contributed by atoms with E-state index >= 15 is 0 Å². The van der Waals surface area contributed by atoms with Crippen molar-refractivity contribution in [1.29, 1.82) is 0 Å². The van der Waals surface area contributed by atoms with E-state index in [1.54, 1.807) is 12.1 Å². The number of benzene rings is 3. The summed E-state index contributed by atoms with van der Waals surface area (Å²) in [5.74, 6) is -0.775. The second-order valence-corrected chi connectivity index (χ2v) is 7.77. The molecule has 2 heterocycles. The summed E-state index contributed by atoms with van der Waals surface area (Å²) >= 11 is 0. The van der Waals surface area contributed by atoms with Crippen molar-refractivity contribution < 1.29 is 14.5 Å². The molecule has 0 saturated heterocycles. The van der Waals surface area contributed by atoms with Crippen molar-refractivity contribution in [2.24, 2.45) is 0 Å². The lowest BCUT2D eigenvalue weighted by Gasteiger charge is -2.29. The van der Waals surface area contributed by atoms with E-state index in [4.69, 9.17) is 4.74 Å². The highest BCUT2D eigenvalue weighted by Gasteiger charge is 2.41. The molecular weight excluding hydrogens is 380 g/mol. The number of hydrogen-bond acceptors (Lipinski definition) is 5. The molecule has 0 amide bonds. The summed E-state index contributed by atoms with van der Waals surface area (Å²) in [7, 11) is 0. The van der Waals surface area contributed by atoms with E-state index in [0.717, 1.165) is 40.1 Å². The average Bonchev–Trinajstić information content (AvgIpc) is 3.32. The molecular formula is C24H16N2O4. The van der Waals surface area contributed by atoms with Crippen LogP contribution >= 0.6 is 0 Å². The first-order valence-electron chi connectivity index (χ1n) is 9.77. The Bertz CT molecular complexity index is 1310. The fourth-order valence-corrected chi connectivity index (χ4v) is 4.94. The maximum atomic E-state index is 12.7. The number of esters is 1. The van der Waals surface area contributed by atoms with E-state index in [1.807, 2.05) is 24.3 Å². The van der Waals surface area contributed by atoms with Crippen molar-refractivity contribution in [3.63, 3.8) is 0 Å². The lowest BCUT2D eigenvalue weighted by atomic mass is 9.78. The van der Waals surface area contributed by atoms with Gasteiger partial charge in [0.1, 0.15) is 6.61 Å². The number of anilines is 1. The zero-order valence-electron chi connectivity index (χ0n) is 15.8. The summed E-state index contributed by atoms with van der Waals surface area (Å²) in [6.45, 7) is 0.191. The molecule has 2 aliphatic heterocycles. The number of carbonyl (C=O) groups excluding carboxylic acids is 1. The molecule has 0 radical (unpaired) electrons. The van der Waals surface area contributed by atoms with E-state index in [9.17, 15) is 14.9 Å². The Morgan fingerprint density at radius 1 is 1.03 bits per heavy atom. The van der Waals surface area contributed by atoms with Crippen LogP contribution in [0.4, 0.5) is 11.4 Å². The van der Waals surface area contributed by atoms with Crippen molar-refractivity contribution in [3.8, 4) is 11.1 Å². The fourth-order valence-electron chi connectivity index (χ4n) is 4.94. The van der Waals surface area contributed by atoms with Crippen LogP contribution in [0.1, 0.15) is 28.2 Å². The van der Waals surface area contributed by atoms with Crippen molar-refractivity contribution in [2.75, 3.05) is 11.9 Å². The Morgan fingerprint density at radius 2 is 1.90 bits per heavy atom. The minimum Gasteiger partial charge on any atom is -0.456 e. The summed E-state index contributed by atoms with van der Waals surface area (Å²) in [6, 6.07) is 19.0. The molecule has 0 aromatic heterocycles. The standard InChI is InChI=1S/C24H16N2O4/c27-24-23-20(12-30-24)25-19-9-8-17-16-7-2-1-4-13(16)11-18(17)22(19)21(23)14-5-3-6-15(10-14)26(28)29/h1-10,21,25H,11-12H2. The summed E-state index contributed by atoms with van der Waals surface area (Å²) in [6.07, 6.45) is 0.763. The van der Waals surface area contributed by atoms with Crippen LogP contribution < -0.4 is 5.32 Å². The van der Waals surface area contributed by atoms with Crippen LogP contribution in [0.3, 0.4) is 0 Å². The van der Waals surface area contributed by atoms with Gasteiger partial charge < -0.3 is 10.1 Å². The lowest BCUT2D eigenvalue weighted by Crippen LogP contribution is -2.21. The molecule has 3 aliphatic rings. The quantitative estimate of drug-likeness (QED) is 0.306. The van der Waals surface area contributed by atoms with Crippen LogP contribution in [-0.2, 0) is 16.0 Å². The van der Waals surface area contributed by atoms with Crippen molar-refractivity contribution in [1.82, 2.24) is 0 Å². The maximum Gasteiger partial charge on any atom is 0.337 e. The third-order valence-electron chi connectivity index (χ3n) is 6.20. The Hall–Kier alpha value is -3.93. The number of fused-ring (bicyclic) bond motifs is 5. The number of nitrogens with one attached hydrogen (secondary N) is 1. The molecule has 0 spiro atoms. The molecule has 1 unspecified atom stereocenters. The highest BCUT2D eigenvalue weighted by molar-refractivity contribution is 5.98. The highest BCUT2D eigenvalue weighted by Crippen LogP contribution is 2.51. The van der Waals surface area contributed by atoms with Gasteiger partial charge in [-0.15, -0.1) is 0 Å². The number of rotatable bonds is 2. The van der Waals surface area contributed by atoms with Crippen LogP contribution in [0.2, 0.25) is 0 Å².